The Labute approximate surface area is 140 Å². The van der Waals surface area contributed by atoms with Gasteiger partial charge in [0.2, 0.25) is 5.91 Å². The van der Waals surface area contributed by atoms with Gasteiger partial charge < -0.3 is 19.2 Å². The molecule has 0 bridgehead atoms. The topological polar surface area (TPSA) is 55.8 Å². The summed E-state index contributed by atoms with van der Waals surface area (Å²) in [7, 11) is 3.21. The lowest BCUT2D eigenvalue weighted by Gasteiger charge is -2.47. The zero-order valence-corrected chi connectivity index (χ0v) is 13.6. The molecule has 3 rings (SSSR count). The minimum absolute atomic E-state index is 0.0342. The van der Waals surface area contributed by atoms with Crippen molar-refractivity contribution in [2.75, 3.05) is 19.1 Å². The van der Waals surface area contributed by atoms with Crippen molar-refractivity contribution in [1.82, 2.24) is 0 Å². The number of nitrogens with zero attached hydrogens (tertiary/aromatic N) is 1. The minimum Gasteiger partial charge on any atom is -0.497 e. The minimum atomic E-state index is -0.321. The van der Waals surface area contributed by atoms with Gasteiger partial charge in [0.1, 0.15) is 17.8 Å². The highest BCUT2D eigenvalue weighted by molar-refractivity contribution is 6.04. The number of methoxy groups -OCH3 is 2. The van der Waals surface area contributed by atoms with Crippen LogP contribution in [0.3, 0.4) is 0 Å². The first-order valence-electron chi connectivity index (χ1n) is 7.74. The van der Waals surface area contributed by atoms with Crippen molar-refractivity contribution in [2.45, 2.75) is 12.5 Å². The van der Waals surface area contributed by atoms with Crippen LogP contribution in [0.25, 0.3) is 0 Å². The molecule has 0 N–H and O–H groups in total. The number of rotatable bonds is 6. The molecule has 5 heteroatoms. The molecule has 1 amide bonds. The van der Waals surface area contributed by atoms with E-state index in [1.165, 1.54) is 0 Å². The first-order valence-corrected chi connectivity index (χ1v) is 7.74. The van der Waals surface area contributed by atoms with Crippen LogP contribution in [-0.4, -0.2) is 26.4 Å². The molecule has 0 aliphatic carbocycles. The average Bonchev–Trinajstić information content (AvgIpc) is 2.64. The van der Waals surface area contributed by atoms with Gasteiger partial charge in [0.05, 0.1) is 26.2 Å². The predicted octanol–water partition coefficient (Wildman–Crippen LogP) is 3.00. The van der Waals surface area contributed by atoms with Crippen LogP contribution < -0.4 is 14.4 Å². The molecule has 1 saturated heterocycles. The van der Waals surface area contributed by atoms with Crippen LogP contribution in [0, 0.1) is 5.92 Å². The van der Waals surface area contributed by atoms with E-state index in [0.29, 0.717) is 0 Å². The second-order valence-electron chi connectivity index (χ2n) is 5.63. The summed E-state index contributed by atoms with van der Waals surface area (Å²) >= 11 is 0. The number of aldehydes is 1. The van der Waals surface area contributed by atoms with Crippen molar-refractivity contribution in [2.24, 2.45) is 5.92 Å². The number of carbonyl (C=O) groups excluding carboxylic acids is 2. The SMILES string of the molecule is COc1ccc([C@@H]2[C@@H](CC=O)C(=O)N2c2ccc(OC)cc2)cc1. The maximum absolute atomic E-state index is 12.5. The highest BCUT2D eigenvalue weighted by Crippen LogP contribution is 2.45. The second kappa shape index (κ2) is 6.74. The summed E-state index contributed by atoms with van der Waals surface area (Å²) in [6.45, 7) is 0. The third-order valence-corrected chi connectivity index (χ3v) is 4.37. The van der Waals surface area contributed by atoms with Gasteiger partial charge in [-0.25, -0.2) is 0 Å². The van der Waals surface area contributed by atoms with E-state index in [1.54, 1.807) is 19.1 Å². The Kier molecular flexibility index (Phi) is 4.51. The van der Waals surface area contributed by atoms with Gasteiger partial charge in [0.25, 0.3) is 0 Å². The van der Waals surface area contributed by atoms with E-state index < -0.39 is 0 Å². The Morgan fingerprint density at radius 3 is 2.00 bits per heavy atom. The van der Waals surface area contributed by atoms with Gasteiger partial charge in [-0.05, 0) is 42.0 Å². The average molecular weight is 325 g/mol. The molecule has 0 saturated carbocycles. The van der Waals surface area contributed by atoms with Crippen molar-refractivity contribution in [1.29, 1.82) is 0 Å². The fourth-order valence-corrected chi connectivity index (χ4v) is 3.10. The molecule has 0 radical (unpaired) electrons. The zero-order chi connectivity index (χ0) is 17.1. The fraction of sp³-hybridized carbons (Fsp3) is 0.263. The van der Waals surface area contributed by atoms with E-state index in [0.717, 1.165) is 29.0 Å². The van der Waals surface area contributed by atoms with E-state index in [-0.39, 0.29) is 24.3 Å². The molecule has 1 heterocycles. The van der Waals surface area contributed by atoms with Gasteiger partial charge >= 0.3 is 0 Å². The zero-order valence-electron chi connectivity index (χ0n) is 13.6. The third-order valence-electron chi connectivity index (χ3n) is 4.37. The molecule has 2 atom stereocenters. The molecule has 0 spiro atoms. The molecule has 0 unspecified atom stereocenters. The molecule has 1 aliphatic rings. The normalized spacial score (nSPS) is 19.6. The number of anilines is 1. The lowest BCUT2D eigenvalue weighted by atomic mass is 9.80. The van der Waals surface area contributed by atoms with Gasteiger partial charge in [0, 0.05) is 12.1 Å². The quantitative estimate of drug-likeness (QED) is 0.605. The van der Waals surface area contributed by atoms with Crippen LogP contribution in [0.1, 0.15) is 18.0 Å². The maximum Gasteiger partial charge on any atom is 0.233 e. The summed E-state index contributed by atoms with van der Waals surface area (Å²) in [6.07, 6.45) is 1.03. The number of carbonyl (C=O) groups is 2. The van der Waals surface area contributed by atoms with Crippen LogP contribution in [0.2, 0.25) is 0 Å². The van der Waals surface area contributed by atoms with Gasteiger partial charge in [-0.2, -0.15) is 0 Å². The Balaban J connectivity index is 1.93. The Bertz CT molecular complexity index is 724. The molecular formula is C19H19NO4. The summed E-state index contributed by atoms with van der Waals surface area (Å²) in [5.74, 6) is 1.13. The van der Waals surface area contributed by atoms with Crippen LogP contribution in [0.15, 0.2) is 48.5 Å². The monoisotopic (exact) mass is 325 g/mol. The highest BCUT2D eigenvalue weighted by Gasteiger charge is 2.48. The van der Waals surface area contributed by atoms with Crippen molar-refractivity contribution < 1.29 is 19.1 Å². The van der Waals surface area contributed by atoms with Crippen LogP contribution in [-0.2, 0) is 9.59 Å². The molecule has 1 fully saturated rings. The smallest absolute Gasteiger partial charge is 0.233 e. The van der Waals surface area contributed by atoms with Crippen LogP contribution in [0.4, 0.5) is 5.69 Å². The van der Waals surface area contributed by atoms with E-state index in [4.69, 9.17) is 9.47 Å². The van der Waals surface area contributed by atoms with Gasteiger partial charge in [-0.1, -0.05) is 12.1 Å². The highest BCUT2D eigenvalue weighted by atomic mass is 16.5. The number of benzene rings is 2. The molecule has 2 aromatic carbocycles. The van der Waals surface area contributed by atoms with E-state index >= 15 is 0 Å². The first kappa shape index (κ1) is 16.1. The number of hydrogen-bond acceptors (Lipinski definition) is 4. The maximum atomic E-state index is 12.5. The van der Waals surface area contributed by atoms with Gasteiger partial charge in [0.15, 0.2) is 0 Å². The summed E-state index contributed by atoms with van der Waals surface area (Å²) in [5.41, 5.74) is 1.78. The number of ether oxygens (including phenoxy) is 2. The predicted molar refractivity (Wildman–Crippen MR) is 90.4 cm³/mol. The summed E-state index contributed by atoms with van der Waals surface area (Å²) in [4.78, 5) is 25.2. The van der Waals surface area contributed by atoms with Crippen molar-refractivity contribution in [3.63, 3.8) is 0 Å². The molecule has 124 valence electrons. The van der Waals surface area contributed by atoms with Crippen LogP contribution in [0.5, 0.6) is 11.5 Å². The lowest BCUT2D eigenvalue weighted by molar-refractivity contribution is -0.132. The first-order chi connectivity index (χ1) is 11.7. The summed E-state index contributed by atoms with van der Waals surface area (Å²) < 4.78 is 10.3. The van der Waals surface area contributed by atoms with Gasteiger partial charge in [-0.15, -0.1) is 0 Å². The van der Waals surface area contributed by atoms with E-state index in [9.17, 15) is 9.59 Å². The van der Waals surface area contributed by atoms with Crippen LogP contribution >= 0.6 is 0 Å². The molecule has 1 aliphatic heterocycles. The number of amides is 1. The largest absolute Gasteiger partial charge is 0.497 e. The molecule has 5 nitrogen and oxygen atoms in total. The molecular weight excluding hydrogens is 306 g/mol. The molecule has 24 heavy (non-hydrogen) atoms. The summed E-state index contributed by atoms with van der Waals surface area (Å²) in [5, 5.41) is 0. The Morgan fingerprint density at radius 2 is 1.50 bits per heavy atom. The van der Waals surface area contributed by atoms with Crippen molar-refractivity contribution in [3.05, 3.63) is 54.1 Å². The summed E-state index contributed by atoms with van der Waals surface area (Å²) in [6, 6.07) is 14.8. The van der Waals surface area contributed by atoms with Gasteiger partial charge in [-0.3, -0.25) is 4.79 Å². The standard InChI is InChI=1S/C19H19NO4/c1-23-15-7-3-13(4-8-15)18-17(11-12-21)19(22)20(18)14-5-9-16(24-2)10-6-14/h3-10,12,17-18H,11H2,1-2H3/t17-,18-/m1/s1. The third kappa shape index (κ3) is 2.73. The molecule has 0 aromatic heterocycles. The second-order valence-corrected chi connectivity index (χ2v) is 5.63. The fourth-order valence-electron chi connectivity index (χ4n) is 3.10. The number of hydrogen-bond donors (Lipinski definition) is 0. The van der Waals surface area contributed by atoms with E-state index in [2.05, 4.69) is 0 Å². The van der Waals surface area contributed by atoms with Crippen molar-refractivity contribution >= 4 is 17.9 Å². The Hall–Kier alpha value is -2.82. The Morgan fingerprint density at radius 1 is 0.958 bits per heavy atom. The van der Waals surface area contributed by atoms with Crippen molar-refractivity contribution in [3.8, 4) is 11.5 Å². The van der Waals surface area contributed by atoms with E-state index in [1.807, 2.05) is 48.5 Å². The number of β-lactam (4-membered cyclic amide) rings is 1. The molecule has 2 aromatic rings. The lowest BCUT2D eigenvalue weighted by Crippen LogP contribution is -2.55.